The molecule has 4 rings (SSSR count). The van der Waals surface area contributed by atoms with Gasteiger partial charge in [0.05, 0.1) is 15.8 Å². The van der Waals surface area contributed by atoms with Crippen molar-refractivity contribution in [1.82, 2.24) is 14.5 Å². The van der Waals surface area contributed by atoms with Gasteiger partial charge in [-0.1, -0.05) is 11.3 Å². The quantitative estimate of drug-likeness (QED) is 0.727. The van der Waals surface area contributed by atoms with Gasteiger partial charge in [0.15, 0.2) is 5.13 Å². The van der Waals surface area contributed by atoms with Crippen LogP contribution in [-0.4, -0.2) is 32.7 Å². The zero-order chi connectivity index (χ0) is 19.2. The zero-order valence-corrected chi connectivity index (χ0v) is 15.5. The smallest absolute Gasteiger partial charge is 0.385 e. The van der Waals surface area contributed by atoms with Crippen molar-refractivity contribution in [2.45, 2.75) is 25.1 Å². The highest BCUT2D eigenvalue weighted by molar-refractivity contribution is 7.22. The van der Waals surface area contributed by atoms with Crippen LogP contribution in [0.2, 0.25) is 0 Å². The normalized spacial score (nSPS) is 17.6. The molecular formula is C18H19F3N4OS. The first-order chi connectivity index (χ1) is 12.8. The number of benzene rings is 1. The van der Waals surface area contributed by atoms with Gasteiger partial charge in [-0.25, -0.2) is 9.97 Å². The number of nitrogens with zero attached hydrogens (tertiary/aromatic N) is 4. The van der Waals surface area contributed by atoms with E-state index < -0.39 is 17.8 Å². The second kappa shape index (κ2) is 6.79. The molecule has 0 aliphatic carbocycles. The highest BCUT2D eigenvalue weighted by atomic mass is 32.1. The van der Waals surface area contributed by atoms with Crippen LogP contribution in [0.4, 0.5) is 18.3 Å². The number of hydrogen-bond acceptors (Lipinski definition) is 5. The molecule has 27 heavy (non-hydrogen) atoms. The minimum Gasteiger partial charge on any atom is -0.385 e. The summed E-state index contributed by atoms with van der Waals surface area (Å²) in [6.07, 6.45) is 0.0536. The molecule has 3 heterocycles. The Labute approximate surface area is 158 Å². The number of rotatable bonds is 3. The van der Waals surface area contributed by atoms with Crippen molar-refractivity contribution in [3.8, 4) is 0 Å². The van der Waals surface area contributed by atoms with Crippen LogP contribution >= 0.6 is 11.3 Å². The minimum atomic E-state index is -4.36. The topological polar surface area (TPSA) is 54.2 Å². The summed E-state index contributed by atoms with van der Waals surface area (Å²) in [6.45, 7) is 1.41. The fourth-order valence-corrected chi connectivity index (χ4v) is 4.50. The van der Waals surface area contributed by atoms with E-state index in [0.717, 1.165) is 34.8 Å². The Morgan fingerprint density at radius 1 is 1.26 bits per heavy atom. The molecule has 1 N–H and O–H groups in total. The van der Waals surface area contributed by atoms with E-state index in [1.54, 1.807) is 6.20 Å². The molecule has 1 aliphatic rings. The molecule has 0 amide bonds. The molecule has 0 bridgehead atoms. The standard InChI is InChI=1S/C18H19F3N4OS/c1-24-9-6-22-16(24)15(26)11-4-7-25(8-5-11)17-23-13-10-12(18(19,20)21)2-3-14(13)27-17/h2-3,6,9-11,15,26H,4-5,7-8H2,1H3. The highest BCUT2D eigenvalue weighted by Crippen LogP contribution is 2.37. The number of halogens is 3. The summed E-state index contributed by atoms with van der Waals surface area (Å²) in [5.74, 6) is 0.765. The molecule has 1 unspecified atom stereocenters. The number of hydrogen-bond donors (Lipinski definition) is 1. The monoisotopic (exact) mass is 396 g/mol. The molecule has 9 heteroatoms. The molecule has 3 aromatic rings. The maximum atomic E-state index is 12.9. The average Bonchev–Trinajstić information content (AvgIpc) is 3.25. The van der Waals surface area contributed by atoms with Crippen LogP contribution in [0.5, 0.6) is 0 Å². The number of imidazole rings is 1. The van der Waals surface area contributed by atoms with Crippen molar-refractivity contribution in [1.29, 1.82) is 0 Å². The van der Waals surface area contributed by atoms with Gasteiger partial charge in [0, 0.05) is 32.5 Å². The molecule has 1 saturated heterocycles. The SMILES string of the molecule is Cn1ccnc1C(O)C1CCN(c2nc3cc(C(F)(F)F)ccc3s2)CC1. The molecule has 0 spiro atoms. The van der Waals surface area contributed by atoms with Gasteiger partial charge in [-0.2, -0.15) is 13.2 Å². The minimum absolute atomic E-state index is 0.105. The number of anilines is 1. The number of alkyl halides is 3. The third-order valence-electron chi connectivity index (χ3n) is 5.08. The van der Waals surface area contributed by atoms with E-state index in [4.69, 9.17) is 0 Å². The molecule has 1 aromatic carbocycles. The van der Waals surface area contributed by atoms with E-state index in [-0.39, 0.29) is 5.92 Å². The molecule has 1 aliphatic heterocycles. The lowest BCUT2D eigenvalue weighted by Crippen LogP contribution is -2.36. The number of fused-ring (bicyclic) bond motifs is 1. The maximum absolute atomic E-state index is 12.9. The van der Waals surface area contributed by atoms with Crippen molar-refractivity contribution in [2.75, 3.05) is 18.0 Å². The van der Waals surface area contributed by atoms with E-state index in [1.165, 1.54) is 17.4 Å². The summed E-state index contributed by atoms with van der Waals surface area (Å²) in [5, 5.41) is 11.3. The summed E-state index contributed by atoms with van der Waals surface area (Å²) in [7, 11) is 1.86. The van der Waals surface area contributed by atoms with E-state index in [2.05, 4.69) is 14.9 Å². The number of thiazole rings is 1. The third kappa shape index (κ3) is 3.53. The first-order valence-electron chi connectivity index (χ1n) is 8.71. The predicted octanol–water partition coefficient (Wildman–Crippen LogP) is 4.00. The largest absolute Gasteiger partial charge is 0.416 e. The number of aliphatic hydroxyl groups is 1. The van der Waals surface area contributed by atoms with Crippen molar-refractivity contribution >= 4 is 26.7 Å². The Morgan fingerprint density at radius 3 is 2.63 bits per heavy atom. The first kappa shape index (κ1) is 18.2. The second-order valence-electron chi connectivity index (χ2n) is 6.84. The van der Waals surface area contributed by atoms with Crippen molar-refractivity contribution < 1.29 is 18.3 Å². The fourth-order valence-electron chi connectivity index (χ4n) is 3.51. The maximum Gasteiger partial charge on any atom is 0.416 e. The number of piperidine rings is 1. The van der Waals surface area contributed by atoms with E-state index in [9.17, 15) is 18.3 Å². The lowest BCUT2D eigenvalue weighted by Gasteiger charge is -2.33. The van der Waals surface area contributed by atoms with Gasteiger partial charge in [-0.05, 0) is 37.0 Å². The van der Waals surface area contributed by atoms with Gasteiger partial charge in [0.25, 0.3) is 0 Å². The summed E-state index contributed by atoms with van der Waals surface area (Å²) in [6, 6.07) is 3.68. The molecule has 5 nitrogen and oxygen atoms in total. The summed E-state index contributed by atoms with van der Waals surface area (Å²) in [5.41, 5.74) is -0.302. The van der Waals surface area contributed by atoms with Gasteiger partial charge in [0.1, 0.15) is 11.9 Å². The Hall–Kier alpha value is -2.13. The Bertz CT molecular complexity index is 944. The lowest BCUT2D eigenvalue weighted by molar-refractivity contribution is -0.137. The van der Waals surface area contributed by atoms with Crippen LogP contribution < -0.4 is 4.90 Å². The molecule has 0 saturated carbocycles. The van der Waals surface area contributed by atoms with Crippen molar-refractivity contribution in [3.05, 3.63) is 42.0 Å². The highest BCUT2D eigenvalue weighted by Gasteiger charge is 2.32. The van der Waals surface area contributed by atoms with Crippen LogP contribution in [0.25, 0.3) is 10.2 Å². The Kier molecular flexibility index (Phi) is 4.59. The summed E-state index contributed by atoms with van der Waals surface area (Å²) < 4.78 is 41.2. The Balaban J connectivity index is 1.47. The van der Waals surface area contributed by atoms with Gasteiger partial charge in [0.2, 0.25) is 0 Å². The number of aromatic nitrogens is 3. The molecule has 0 radical (unpaired) electrons. The van der Waals surface area contributed by atoms with Gasteiger partial charge in [-0.15, -0.1) is 0 Å². The molecular weight excluding hydrogens is 377 g/mol. The van der Waals surface area contributed by atoms with Gasteiger partial charge < -0.3 is 14.6 Å². The fraction of sp³-hybridized carbons (Fsp3) is 0.444. The predicted molar refractivity (Wildman–Crippen MR) is 97.7 cm³/mol. The van der Waals surface area contributed by atoms with Crippen LogP contribution in [0.1, 0.15) is 30.3 Å². The van der Waals surface area contributed by atoms with Gasteiger partial charge >= 0.3 is 6.18 Å². The van der Waals surface area contributed by atoms with Gasteiger partial charge in [-0.3, -0.25) is 0 Å². The molecule has 1 atom stereocenters. The summed E-state index contributed by atoms with van der Waals surface area (Å²) >= 11 is 1.40. The van der Waals surface area contributed by atoms with Crippen LogP contribution in [-0.2, 0) is 13.2 Å². The van der Waals surface area contributed by atoms with E-state index >= 15 is 0 Å². The molecule has 2 aromatic heterocycles. The van der Waals surface area contributed by atoms with E-state index in [1.807, 2.05) is 17.8 Å². The van der Waals surface area contributed by atoms with Crippen molar-refractivity contribution in [2.24, 2.45) is 13.0 Å². The number of aliphatic hydroxyl groups excluding tert-OH is 1. The first-order valence-corrected chi connectivity index (χ1v) is 9.52. The summed E-state index contributed by atoms with van der Waals surface area (Å²) in [4.78, 5) is 10.7. The van der Waals surface area contributed by atoms with Crippen molar-refractivity contribution in [3.63, 3.8) is 0 Å². The van der Waals surface area contributed by atoms with E-state index in [0.29, 0.717) is 24.4 Å². The van der Waals surface area contributed by atoms with Crippen LogP contribution in [0, 0.1) is 5.92 Å². The third-order valence-corrected chi connectivity index (χ3v) is 6.18. The average molecular weight is 396 g/mol. The second-order valence-corrected chi connectivity index (χ2v) is 7.85. The van der Waals surface area contributed by atoms with Crippen LogP contribution in [0.15, 0.2) is 30.6 Å². The van der Waals surface area contributed by atoms with Crippen LogP contribution in [0.3, 0.4) is 0 Å². The zero-order valence-electron chi connectivity index (χ0n) is 14.6. The molecule has 1 fully saturated rings. The molecule has 144 valence electrons. The Morgan fingerprint density at radius 2 is 2.00 bits per heavy atom. The number of aryl methyl sites for hydroxylation is 1. The lowest BCUT2D eigenvalue weighted by atomic mass is 9.91.